The predicted octanol–water partition coefficient (Wildman–Crippen LogP) is 4.16. The van der Waals surface area contributed by atoms with E-state index < -0.39 is 10.0 Å². The molecule has 8 heteroatoms. The number of aromatic amines is 1. The van der Waals surface area contributed by atoms with Gasteiger partial charge < -0.3 is 0 Å². The molecule has 3 aromatic rings. The van der Waals surface area contributed by atoms with Gasteiger partial charge in [0.05, 0.1) is 22.8 Å². The number of para-hydroxylation sites is 1. The van der Waals surface area contributed by atoms with Crippen molar-refractivity contribution in [1.29, 1.82) is 0 Å². The van der Waals surface area contributed by atoms with Crippen LogP contribution in [0.2, 0.25) is 5.02 Å². The number of fused-ring (bicyclic) bond motifs is 3. The molecule has 0 amide bonds. The van der Waals surface area contributed by atoms with Crippen LogP contribution in [0.3, 0.4) is 0 Å². The molecule has 2 heterocycles. The fourth-order valence-corrected chi connectivity index (χ4v) is 5.09. The van der Waals surface area contributed by atoms with Crippen molar-refractivity contribution in [1.82, 2.24) is 10.2 Å². The third kappa shape index (κ3) is 2.63. The Morgan fingerprint density at radius 2 is 1.88 bits per heavy atom. The third-order valence-corrected chi connectivity index (χ3v) is 6.92. The minimum Gasteiger partial charge on any atom is -0.276 e. The Morgan fingerprint density at radius 1 is 1.16 bits per heavy atom. The van der Waals surface area contributed by atoms with Gasteiger partial charge in [0.15, 0.2) is 0 Å². The summed E-state index contributed by atoms with van der Waals surface area (Å²) < 4.78 is 27.9. The zero-order valence-electron chi connectivity index (χ0n) is 13.2. The fraction of sp³-hybridized carbons (Fsp3) is 0.118. The molecule has 0 spiro atoms. The first kappa shape index (κ1) is 16.5. The van der Waals surface area contributed by atoms with E-state index in [1.807, 2.05) is 30.5 Å². The van der Waals surface area contributed by atoms with Crippen LogP contribution in [0.25, 0.3) is 11.3 Å². The number of hydrogen-bond donors (Lipinski definition) is 1. The lowest BCUT2D eigenvalue weighted by Gasteiger charge is -2.30. The molecule has 1 aromatic heterocycles. The number of sulfonamides is 1. The summed E-state index contributed by atoms with van der Waals surface area (Å²) in [7, 11) is -3.71. The summed E-state index contributed by atoms with van der Waals surface area (Å²) in [5.74, 6) is 0. The molecule has 0 saturated carbocycles. The van der Waals surface area contributed by atoms with Crippen molar-refractivity contribution < 1.29 is 8.42 Å². The van der Waals surface area contributed by atoms with Gasteiger partial charge in [-0.15, -0.1) is 11.8 Å². The molecule has 5 nitrogen and oxygen atoms in total. The summed E-state index contributed by atoms with van der Waals surface area (Å²) >= 11 is 7.39. The number of anilines is 1. The summed E-state index contributed by atoms with van der Waals surface area (Å²) in [5, 5.41) is 8.66. The van der Waals surface area contributed by atoms with Gasteiger partial charge >= 0.3 is 0 Å². The number of aromatic nitrogens is 2. The predicted molar refractivity (Wildman–Crippen MR) is 101 cm³/mol. The fourth-order valence-electron chi connectivity index (χ4n) is 2.97. The van der Waals surface area contributed by atoms with Crippen molar-refractivity contribution in [3.8, 4) is 11.3 Å². The van der Waals surface area contributed by atoms with Crippen LogP contribution in [0.5, 0.6) is 0 Å². The number of nitrogens with one attached hydrogen (secondary N) is 1. The van der Waals surface area contributed by atoms with E-state index in [1.165, 1.54) is 28.2 Å². The lowest BCUT2D eigenvalue weighted by molar-refractivity contribution is 0.590. The van der Waals surface area contributed by atoms with Gasteiger partial charge in [-0.05, 0) is 36.6 Å². The number of thioether (sulfide) groups is 1. The number of nitrogens with zero attached hydrogens (tertiary/aromatic N) is 2. The van der Waals surface area contributed by atoms with Crippen molar-refractivity contribution >= 4 is 39.1 Å². The Morgan fingerprint density at radius 3 is 2.60 bits per heavy atom. The molecule has 0 atom stereocenters. The molecule has 1 aliphatic heterocycles. The molecular formula is C17H14ClN3O2S2. The summed E-state index contributed by atoms with van der Waals surface area (Å²) in [6.07, 6.45) is 1.93. The quantitative estimate of drug-likeness (QED) is 0.681. The van der Waals surface area contributed by atoms with Crippen LogP contribution in [0, 0.1) is 0 Å². The molecule has 0 saturated heterocycles. The van der Waals surface area contributed by atoms with Crippen molar-refractivity contribution in [2.75, 3.05) is 10.6 Å². The highest BCUT2D eigenvalue weighted by Gasteiger charge is 2.34. The van der Waals surface area contributed by atoms with E-state index in [0.717, 1.165) is 21.8 Å². The summed E-state index contributed by atoms with van der Waals surface area (Å²) in [6.45, 7) is 0.240. The number of rotatable bonds is 3. The van der Waals surface area contributed by atoms with E-state index in [2.05, 4.69) is 10.2 Å². The Kier molecular flexibility index (Phi) is 4.02. The van der Waals surface area contributed by atoms with Gasteiger partial charge in [-0.1, -0.05) is 29.8 Å². The van der Waals surface area contributed by atoms with Gasteiger partial charge in [-0.3, -0.25) is 9.40 Å². The highest BCUT2D eigenvalue weighted by Crippen LogP contribution is 2.42. The first-order valence-electron chi connectivity index (χ1n) is 7.51. The highest BCUT2D eigenvalue weighted by molar-refractivity contribution is 7.98. The van der Waals surface area contributed by atoms with E-state index in [4.69, 9.17) is 11.6 Å². The van der Waals surface area contributed by atoms with Crippen molar-refractivity contribution in [3.63, 3.8) is 0 Å². The molecular weight excluding hydrogens is 378 g/mol. The van der Waals surface area contributed by atoms with Crippen LogP contribution < -0.4 is 4.31 Å². The standard InChI is InChI=1S/C17H14ClN3O2S2/c1-24-17-14-10-21(25(22,23)12-8-6-11(18)7-9-12)15-5-3-2-4-13(15)16(14)19-20-17/h2-9H,10H2,1H3,(H,19,20). The maximum Gasteiger partial charge on any atom is 0.264 e. The van der Waals surface area contributed by atoms with E-state index in [-0.39, 0.29) is 11.4 Å². The number of halogens is 1. The van der Waals surface area contributed by atoms with Crippen molar-refractivity contribution in [2.45, 2.75) is 16.5 Å². The third-order valence-electron chi connectivity index (χ3n) is 4.17. The molecule has 0 unspecified atom stereocenters. The normalized spacial score (nSPS) is 13.4. The number of hydrogen-bond acceptors (Lipinski definition) is 4. The van der Waals surface area contributed by atoms with Gasteiger partial charge in [-0.25, -0.2) is 8.42 Å². The smallest absolute Gasteiger partial charge is 0.264 e. The van der Waals surface area contributed by atoms with Crippen LogP contribution in [0.15, 0.2) is 58.5 Å². The second-order valence-electron chi connectivity index (χ2n) is 5.57. The zero-order chi connectivity index (χ0) is 17.6. The summed E-state index contributed by atoms with van der Waals surface area (Å²) in [4.78, 5) is 0.212. The second-order valence-corrected chi connectivity index (χ2v) is 8.66. The molecule has 1 aliphatic rings. The molecule has 0 fully saturated rings. The second kappa shape index (κ2) is 6.09. The lowest BCUT2D eigenvalue weighted by atomic mass is 10.0. The SMILES string of the molecule is CSc1n[nH]c2c1CN(S(=O)(=O)c1ccc(Cl)cc1)c1ccccc1-2. The van der Waals surface area contributed by atoms with Crippen LogP contribution >= 0.6 is 23.4 Å². The summed E-state index contributed by atoms with van der Waals surface area (Å²) in [5.41, 5.74) is 3.24. The van der Waals surface area contributed by atoms with Crippen LogP contribution in [0.1, 0.15) is 5.56 Å². The van der Waals surface area contributed by atoms with Crippen LogP contribution in [0.4, 0.5) is 5.69 Å². The Balaban J connectivity index is 1.90. The molecule has 0 aliphatic carbocycles. The van der Waals surface area contributed by atoms with Gasteiger partial charge in [0.1, 0.15) is 5.03 Å². The lowest BCUT2D eigenvalue weighted by Crippen LogP contribution is -2.33. The van der Waals surface area contributed by atoms with Crippen LogP contribution in [-0.2, 0) is 16.6 Å². The average Bonchev–Trinajstić information content (AvgIpc) is 3.04. The first-order valence-corrected chi connectivity index (χ1v) is 10.6. The number of H-pyrrole nitrogens is 1. The summed E-state index contributed by atoms with van der Waals surface area (Å²) in [6, 6.07) is 13.7. The molecule has 0 bridgehead atoms. The van der Waals surface area contributed by atoms with Crippen molar-refractivity contribution in [2.24, 2.45) is 0 Å². The monoisotopic (exact) mass is 391 g/mol. The Hall–Kier alpha value is -1.96. The maximum absolute atomic E-state index is 13.2. The molecule has 4 rings (SSSR count). The van der Waals surface area contributed by atoms with E-state index in [9.17, 15) is 8.42 Å². The van der Waals surface area contributed by atoms with Gasteiger partial charge in [0, 0.05) is 16.1 Å². The first-order chi connectivity index (χ1) is 12.0. The molecule has 128 valence electrons. The molecule has 0 radical (unpaired) electrons. The van der Waals surface area contributed by atoms with E-state index in [1.54, 1.807) is 12.1 Å². The van der Waals surface area contributed by atoms with E-state index >= 15 is 0 Å². The highest BCUT2D eigenvalue weighted by atomic mass is 35.5. The zero-order valence-corrected chi connectivity index (χ0v) is 15.6. The molecule has 1 N–H and O–H groups in total. The maximum atomic E-state index is 13.2. The minimum absolute atomic E-state index is 0.212. The van der Waals surface area contributed by atoms with Crippen molar-refractivity contribution in [3.05, 3.63) is 59.1 Å². The number of benzene rings is 2. The van der Waals surface area contributed by atoms with Crippen LogP contribution in [-0.4, -0.2) is 24.9 Å². The minimum atomic E-state index is -3.71. The largest absolute Gasteiger partial charge is 0.276 e. The van der Waals surface area contributed by atoms with Gasteiger partial charge in [0.2, 0.25) is 0 Å². The molecule has 25 heavy (non-hydrogen) atoms. The Labute approximate surface area is 155 Å². The van der Waals surface area contributed by atoms with Gasteiger partial charge in [-0.2, -0.15) is 5.10 Å². The van der Waals surface area contributed by atoms with Gasteiger partial charge in [0.25, 0.3) is 10.0 Å². The van der Waals surface area contributed by atoms with E-state index in [0.29, 0.717) is 10.7 Å². The topological polar surface area (TPSA) is 66.1 Å². The average molecular weight is 392 g/mol. The molecule has 2 aromatic carbocycles. The Bertz CT molecular complexity index is 1050.